The minimum absolute atomic E-state index is 0.0355. The molecule has 0 fully saturated rings. The Bertz CT molecular complexity index is 1030. The highest BCUT2D eigenvalue weighted by Crippen LogP contribution is 2.31. The molecule has 166 valence electrons. The summed E-state index contributed by atoms with van der Waals surface area (Å²) >= 11 is 0. The van der Waals surface area contributed by atoms with Crippen molar-refractivity contribution in [1.82, 2.24) is 15.1 Å². The van der Waals surface area contributed by atoms with E-state index in [9.17, 15) is 5.11 Å². The zero-order chi connectivity index (χ0) is 22.5. The number of aryl methyl sites for hydroxylation is 3. The molecule has 0 bridgehead atoms. The van der Waals surface area contributed by atoms with E-state index in [1.165, 1.54) is 0 Å². The maximum absolute atomic E-state index is 9.59. The molecule has 3 aromatic rings. The van der Waals surface area contributed by atoms with E-state index in [1.54, 1.807) is 0 Å². The molecule has 2 heterocycles. The molecule has 0 aliphatic heterocycles. The fourth-order valence-electron chi connectivity index (χ4n) is 3.49. The first kappa shape index (κ1) is 22.9. The first-order chi connectivity index (χ1) is 14.8. The van der Waals surface area contributed by atoms with Gasteiger partial charge in [0.2, 0.25) is 5.82 Å². The number of hydrogen-bond acceptors (Lipinski definition) is 7. The van der Waals surface area contributed by atoms with Gasteiger partial charge in [-0.2, -0.15) is 4.98 Å². The van der Waals surface area contributed by atoms with Crippen LogP contribution in [0.15, 0.2) is 28.8 Å². The van der Waals surface area contributed by atoms with Gasteiger partial charge in [-0.3, -0.25) is 0 Å². The van der Waals surface area contributed by atoms with Crippen LogP contribution >= 0.6 is 0 Å². The van der Waals surface area contributed by atoms with E-state index in [0.29, 0.717) is 29.1 Å². The van der Waals surface area contributed by atoms with Gasteiger partial charge in [-0.1, -0.05) is 25.9 Å². The standard InChI is InChI=1S/C24H31N3O4/c1-6-17-11-18(10-16(5)22(17)30-13-20(29)12-28)23-26-24(31-27-23)21-9-15(4)8-19(25-21)7-14(2)3/h8-11,14,20,28-29H,6-7,12-13H2,1-5H3. The van der Waals surface area contributed by atoms with Crippen molar-refractivity contribution in [2.45, 2.75) is 53.6 Å². The van der Waals surface area contributed by atoms with Crippen molar-refractivity contribution in [3.63, 3.8) is 0 Å². The molecule has 3 rings (SSSR count). The molecule has 0 saturated carbocycles. The van der Waals surface area contributed by atoms with Crippen LogP contribution in [0.5, 0.6) is 5.75 Å². The van der Waals surface area contributed by atoms with Crippen molar-refractivity contribution in [1.29, 1.82) is 0 Å². The molecule has 31 heavy (non-hydrogen) atoms. The van der Waals surface area contributed by atoms with Crippen LogP contribution in [-0.2, 0) is 12.8 Å². The fourth-order valence-corrected chi connectivity index (χ4v) is 3.49. The minimum Gasteiger partial charge on any atom is -0.490 e. The van der Waals surface area contributed by atoms with Crippen LogP contribution in [0.25, 0.3) is 23.0 Å². The molecular weight excluding hydrogens is 394 g/mol. The highest BCUT2D eigenvalue weighted by molar-refractivity contribution is 5.63. The topological polar surface area (TPSA) is 102 Å². The molecule has 2 aromatic heterocycles. The van der Waals surface area contributed by atoms with Gasteiger partial charge in [0.05, 0.1) is 6.61 Å². The number of aromatic nitrogens is 3. The van der Waals surface area contributed by atoms with E-state index in [0.717, 1.165) is 40.8 Å². The second-order valence-corrected chi connectivity index (χ2v) is 8.32. The van der Waals surface area contributed by atoms with E-state index in [1.807, 2.05) is 39.0 Å². The summed E-state index contributed by atoms with van der Waals surface area (Å²) in [6.45, 7) is 10.0. The molecular formula is C24H31N3O4. The normalized spacial score (nSPS) is 12.4. The first-order valence-electron chi connectivity index (χ1n) is 10.7. The molecule has 0 aliphatic rings. The van der Waals surface area contributed by atoms with Gasteiger partial charge in [-0.15, -0.1) is 0 Å². The molecule has 7 heteroatoms. The van der Waals surface area contributed by atoms with Crippen LogP contribution in [0.2, 0.25) is 0 Å². The summed E-state index contributed by atoms with van der Waals surface area (Å²) in [6.07, 6.45) is 0.717. The number of ether oxygens (including phenoxy) is 1. The Morgan fingerprint density at radius 3 is 2.55 bits per heavy atom. The number of benzene rings is 1. The van der Waals surface area contributed by atoms with Crippen molar-refractivity contribution < 1.29 is 19.5 Å². The average Bonchev–Trinajstić information content (AvgIpc) is 3.21. The fraction of sp³-hybridized carbons (Fsp3) is 0.458. The number of hydrogen-bond donors (Lipinski definition) is 2. The smallest absolute Gasteiger partial charge is 0.276 e. The van der Waals surface area contributed by atoms with Crippen LogP contribution in [0, 0.1) is 19.8 Å². The number of aliphatic hydroxyl groups is 2. The average molecular weight is 426 g/mol. The second-order valence-electron chi connectivity index (χ2n) is 8.32. The van der Waals surface area contributed by atoms with Crippen molar-refractivity contribution in [3.05, 3.63) is 46.6 Å². The lowest BCUT2D eigenvalue weighted by atomic mass is 10.0. The minimum atomic E-state index is -0.911. The Labute approximate surface area is 183 Å². The number of nitrogens with zero attached hydrogens (tertiary/aromatic N) is 3. The van der Waals surface area contributed by atoms with Crippen LogP contribution in [-0.4, -0.2) is 44.7 Å². The van der Waals surface area contributed by atoms with Crippen molar-refractivity contribution in [2.75, 3.05) is 13.2 Å². The monoisotopic (exact) mass is 425 g/mol. The second kappa shape index (κ2) is 10.0. The quantitative estimate of drug-likeness (QED) is 0.536. The molecule has 0 amide bonds. The molecule has 2 N–H and O–H groups in total. The van der Waals surface area contributed by atoms with Gasteiger partial charge >= 0.3 is 0 Å². The maximum Gasteiger partial charge on any atom is 0.276 e. The van der Waals surface area contributed by atoms with Gasteiger partial charge in [0.15, 0.2) is 0 Å². The molecule has 0 radical (unpaired) electrons. The summed E-state index contributed by atoms with van der Waals surface area (Å²) in [4.78, 5) is 9.30. The molecule has 1 unspecified atom stereocenters. The summed E-state index contributed by atoms with van der Waals surface area (Å²) in [7, 11) is 0. The summed E-state index contributed by atoms with van der Waals surface area (Å²) in [5, 5.41) is 22.8. The third-order valence-electron chi connectivity index (χ3n) is 4.91. The third-order valence-corrected chi connectivity index (χ3v) is 4.91. The van der Waals surface area contributed by atoms with Crippen molar-refractivity contribution >= 4 is 0 Å². The lowest BCUT2D eigenvalue weighted by molar-refractivity contribution is 0.0531. The van der Waals surface area contributed by atoms with Crippen molar-refractivity contribution in [3.8, 4) is 28.7 Å². The molecule has 0 spiro atoms. The van der Waals surface area contributed by atoms with Crippen LogP contribution < -0.4 is 4.74 Å². The highest BCUT2D eigenvalue weighted by Gasteiger charge is 2.17. The van der Waals surface area contributed by atoms with Gasteiger partial charge in [0.1, 0.15) is 24.2 Å². The molecule has 1 aromatic carbocycles. The Morgan fingerprint density at radius 1 is 1.10 bits per heavy atom. The Kier molecular flexibility index (Phi) is 7.41. The zero-order valence-corrected chi connectivity index (χ0v) is 18.8. The lowest BCUT2D eigenvalue weighted by Crippen LogP contribution is -2.22. The van der Waals surface area contributed by atoms with E-state index in [2.05, 4.69) is 30.1 Å². The summed E-state index contributed by atoms with van der Waals surface area (Å²) in [5.74, 6) is 2.10. The van der Waals surface area contributed by atoms with Gasteiger partial charge in [0, 0.05) is 11.3 Å². The van der Waals surface area contributed by atoms with E-state index in [4.69, 9.17) is 19.4 Å². The van der Waals surface area contributed by atoms with Gasteiger partial charge < -0.3 is 19.5 Å². The SMILES string of the molecule is CCc1cc(-c2noc(-c3cc(C)cc(CC(C)C)n3)n2)cc(C)c1OCC(O)CO. The third kappa shape index (κ3) is 5.68. The van der Waals surface area contributed by atoms with Gasteiger partial charge in [-0.05, 0) is 73.6 Å². The first-order valence-corrected chi connectivity index (χ1v) is 10.7. The summed E-state index contributed by atoms with van der Waals surface area (Å²) in [6, 6.07) is 7.94. The Balaban J connectivity index is 1.90. The Morgan fingerprint density at radius 2 is 1.87 bits per heavy atom. The van der Waals surface area contributed by atoms with E-state index in [-0.39, 0.29) is 13.2 Å². The predicted molar refractivity (Wildman–Crippen MR) is 119 cm³/mol. The van der Waals surface area contributed by atoms with Crippen LogP contribution in [0.3, 0.4) is 0 Å². The number of pyridine rings is 1. The number of aliphatic hydroxyl groups excluding tert-OH is 2. The maximum atomic E-state index is 9.59. The Hall–Kier alpha value is -2.77. The zero-order valence-electron chi connectivity index (χ0n) is 18.8. The largest absolute Gasteiger partial charge is 0.490 e. The summed E-state index contributed by atoms with van der Waals surface area (Å²) < 4.78 is 11.3. The van der Waals surface area contributed by atoms with Gasteiger partial charge in [-0.25, -0.2) is 4.98 Å². The summed E-state index contributed by atoms with van der Waals surface area (Å²) in [5.41, 5.74) is 5.50. The molecule has 0 saturated heterocycles. The van der Waals surface area contributed by atoms with Crippen molar-refractivity contribution in [2.24, 2.45) is 5.92 Å². The molecule has 1 atom stereocenters. The number of rotatable bonds is 9. The van der Waals surface area contributed by atoms with Crippen LogP contribution in [0.1, 0.15) is 43.2 Å². The highest BCUT2D eigenvalue weighted by atomic mass is 16.5. The lowest BCUT2D eigenvalue weighted by Gasteiger charge is -2.16. The van der Waals surface area contributed by atoms with Gasteiger partial charge in [0.25, 0.3) is 5.89 Å². The predicted octanol–water partition coefficient (Wildman–Crippen LogP) is 3.91. The van der Waals surface area contributed by atoms with E-state index >= 15 is 0 Å². The molecule has 7 nitrogen and oxygen atoms in total. The van der Waals surface area contributed by atoms with E-state index < -0.39 is 6.10 Å². The molecule has 0 aliphatic carbocycles. The van der Waals surface area contributed by atoms with Crippen LogP contribution in [0.4, 0.5) is 0 Å².